The molecule has 0 atom stereocenters. The van der Waals surface area contributed by atoms with Crippen molar-refractivity contribution >= 4 is 44.5 Å². The monoisotopic (exact) mass is 527 g/mol. The second kappa shape index (κ2) is 9.25. The van der Waals surface area contributed by atoms with Gasteiger partial charge in [0.25, 0.3) is 11.8 Å². The van der Waals surface area contributed by atoms with E-state index in [1.54, 1.807) is 12.1 Å². The fraction of sp³-hybridized carbons (Fsp3) is 0.217. The molecule has 2 amide bonds. The molecular formula is C23H17F4NO5S2. The molecule has 35 heavy (non-hydrogen) atoms. The molecule has 4 rings (SSSR count). The Morgan fingerprint density at radius 2 is 1.51 bits per heavy atom. The molecule has 0 bridgehead atoms. The number of halogens is 4. The van der Waals surface area contributed by atoms with Gasteiger partial charge in [-0.3, -0.25) is 9.59 Å². The van der Waals surface area contributed by atoms with E-state index < -0.39 is 55.0 Å². The Morgan fingerprint density at radius 1 is 0.914 bits per heavy atom. The summed E-state index contributed by atoms with van der Waals surface area (Å²) in [6.45, 7) is 2.01. The van der Waals surface area contributed by atoms with Crippen LogP contribution in [0.5, 0.6) is 0 Å². The number of thioether (sulfide) groups is 1. The molecule has 0 aliphatic carbocycles. The minimum Gasteiger partial charge on any atom is -0.266 e. The number of unbranched alkanes of at least 4 members (excludes halogenated alkanes) is 1. The first-order valence-corrected chi connectivity index (χ1v) is 13.0. The normalized spacial score (nSPS) is 13.7. The smallest absolute Gasteiger partial charge is 0.266 e. The highest BCUT2D eigenvalue weighted by atomic mass is 32.2. The highest BCUT2D eigenvalue weighted by molar-refractivity contribution is 7.98. The van der Waals surface area contributed by atoms with Crippen molar-refractivity contribution in [2.75, 3.05) is 6.26 Å². The fourth-order valence-electron chi connectivity index (χ4n) is 3.91. The van der Waals surface area contributed by atoms with E-state index in [1.165, 1.54) is 18.2 Å². The molecule has 0 aromatic heterocycles. The van der Waals surface area contributed by atoms with Gasteiger partial charge in [-0.2, -0.15) is 8.42 Å². The van der Waals surface area contributed by atoms with Crippen LogP contribution in [-0.4, -0.2) is 31.6 Å². The third kappa shape index (κ3) is 3.99. The number of carbonyl (C=O) groups excluding carboxylic acids is 2. The van der Waals surface area contributed by atoms with Gasteiger partial charge < -0.3 is 0 Å². The molecule has 0 N–H and O–H groups in total. The Kier molecular flexibility index (Phi) is 6.64. The minimum atomic E-state index is -5.70. The Bertz CT molecular complexity index is 1460. The van der Waals surface area contributed by atoms with Crippen LogP contribution in [0.15, 0.2) is 40.1 Å². The summed E-state index contributed by atoms with van der Waals surface area (Å²) in [5.41, 5.74) is 0.711. The van der Waals surface area contributed by atoms with Gasteiger partial charge in [-0.05, 0) is 42.2 Å². The average Bonchev–Trinajstić information content (AvgIpc) is 2.83. The van der Waals surface area contributed by atoms with Crippen LogP contribution in [0.2, 0.25) is 0 Å². The zero-order valence-corrected chi connectivity index (χ0v) is 20.0. The molecule has 1 aliphatic heterocycles. The van der Waals surface area contributed by atoms with Gasteiger partial charge in [0.2, 0.25) is 0 Å². The molecule has 184 valence electrons. The van der Waals surface area contributed by atoms with E-state index in [-0.39, 0.29) is 21.6 Å². The van der Waals surface area contributed by atoms with Crippen LogP contribution >= 0.6 is 11.8 Å². The van der Waals surface area contributed by atoms with Gasteiger partial charge in [0, 0.05) is 5.39 Å². The number of rotatable bonds is 7. The summed E-state index contributed by atoms with van der Waals surface area (Å²) < 4.78 is 87.1. The van der Waals surface area contributed by atoms with Crippen molar-refractivity contribution < 1.29 is 39.9 Å². The maximum absolute atomic E-state index is 14.5. The van der Waals surface area contributed by atoms with Crippen LogP contribution in [0.1, 0.15) is 46.0 Å². The molecule has 3 aromatic rings. The van der Waals surface area contributed by atoms with Crippen molar-refractivity contribution in [2.24, 2.45) is 0 Å². The van der Waals surface area contributed by atoms with Crippen molar-refractivity contribution in [3.63, 3.8) is 0 Å². The third-order valence-electron chi connectivity index (χ3n) is 5.57. The van der Waals surface area contributed by atoms with E-state index in [9.17, 15) is 35.6 Å². The molecule has 0 spiro atoms. The molecule has 0 saturated heterocycles. The fourth-order valence-corrected chi connectivity index (χ4v) is 5.48. The van der Waals surface area contributed by atoms with Gasteiger partial charge in [0.05, 0.1) is 16.0 Å². The first kappa shape index (κ1) is 25.1. The highest BCUT2D eigenvalue weighted by Crippen LogP contribution is 2.36. The minimum absolute atomic E-state index is 0.0818. The second-order valence-corrected chi connectivity index (χ2v) is 9.94. The largest absolute Gasteiger partial charge is 0.324 e. The number of nitrogens with zero attached hydrogens (tertiary/aromatic N) is 1. The number of hydroxylamine groups is 2. The van der Waals surface area contributed by atoms with Gasteiger partial charge in [-0.1, -0.05) is 31.5 Å². The number of benzene rings is 3. The Labute approximate surface area is 201 Å². The summed E-state index contributed by atoms with van der Waals surface area (Å²) >= 11 is 0.317. The van der Waals surface area contributed by atoms with Crippen molar-refractivity contribution in [2.45, 2.75) is 36.0 Å². The maximum Gasteiger partial charge on any atom is 0.324 e. The Hall–Kier alpha value is -2.96. The van der Waals surface area contributed by atoms with E-state index in [1.807, 2.05) is 6.92 Å². The van der Waals surface area contributed by atoms with Crippen LogP contribution in [0.25, 0.3) is 10.8 Å². The molecule has 0 saturated carbocycles. The summed E-state index contributed by atoms with van der Waals surface area (Å²) in [6.07, 6.45) is 3.57. The Morgan fingerprint density at radius 3 is 2.09 bits per heavy atom. The van der Waals surface area contributed by atoms with E-state index in [0.717, 1.165) is 24.7 Å². The standard InChI is InChI=1S/C23H17F4NO5S2/c1-3-4-6-11-9-10-14-15-12(11)7-5-8-13(15)22(29)28(23(14)30)33-35(31,32)21-18(26)16(24)20(34-2)17(25)19(21)27/h5,7-10H,3-4,6H2,1-2H3. The van der Waals surface area contributed by atoms with Gasteiger partial charge in [-0.25, -0.2) is 17.6 Å². The molecule has 3 aromatic carbocycles. The number of aryl methyl sites for hydroxylation is 1. The lowest BCUT2D eigenvalue weighted by atomic mass is 9.90. The topological polar surface area (TPSA) is 80.8 Å². The van der Waals surface area contributed by atoms with E-state index >= 15 is 0 Å². The zero-order chi connectivity index (χ0) is 25.7. The maximum atomic E-state index is 14.5. The molecule has 0 radical (unpaired) electrons. The number of hydrogen-bond donors (Lipinski definition) is 0. The van der Waals surface area contributed by atoms with Gasteiger partial charge in [-0.15, -0.1) is 21.1 Å². The van der Waals surface area contributed by atoms with Crippen LogP contribution in [0.4, 0.5) is 17.6 Å². The lowest BCUT2D eigenvalue weighted by Gasteiger charge is -2.26. The SMILES string of the molecule is CCCCc1ccc2c3c(cccc13)C(=O)N(OS(=O)(=O)c1c(F)c(F)c(SC)c(F)c1F)C2=O. The average molecular weight is 528 g/mol. The highest BCUT2D eigenvalue weighted by Gasteiger charge is 2.41. The molecule has 0 unspecified atom stereocenters. The predicted octanol–water partition coefficient (Wildman–Crippen LogP) is 5.38. The summed E-state index contributed by atoms with van der Waals surface area (Å²) in [5, 5.41) is 0.716. The molecule has 1 heterocycles. The van der Waals surface area contributed by atoms with Crippen LogP contribution in [0, 0.1) is 23.3 Å². The van der Waals surface area contributed by atoms with E-state index in [4.69, 9.17) is 0 Å². The first-order valence-electron chi connectivity index (χ1n) is 10.3. The van der Waals surface area contributed by atoms with Crippen LogP contribution in [0.3, 0.4) is 0 Å². The van der Waals surface area contributed by atoms with Gasteiger partial charge in [0.15, 0.2) is 28.2 Å². The van der Waals surface area contributed by atoms with Gasteiger partial charge >= 0.3 is 10.1 Å². The second-order valence-electron chi connectivity index (χ2n) is 7.66. The number of amides is 2. The number of imide groups is 1. The third-order valence-corrected chi connectivity index (χ3v) is 7.54. The molecular weight excluding hydrogens is 510 g/mol. The summed E-state index contributed by atoms with van der Waals surface area (Å²) in [5.74, 6) is -10.8. The Balaban J connectivity index is 1.81. The lowest BCUT2D eigenvalue weighted by molar-refractivity contribution is -0.0158. The van der Waals surface area contributed by atoms with Gasteiger partial charge in [0.1, 0.15) is 0 Å². The van der Waals surface area contributed by atoms with E-state index in [2.05, 4.69) is 4.28 Å². The van der Waals surface area contributed by atoms with Crippen LogP contribution < -0.4 is 0 Å². The summed E-state index contributed by atoms with van der Waals surface area (Å²) in [4.78, 5) is 22.9. The summed E-state index contributed by atoms with van der Waals surface area (Å²) in [6, 6.07) is 7.62. The quantitative estimate of drug-likeness (QED) is 0.178. The molecule has 12 heteroatoms. The van der Waals surface area contributed by atoms with Crippen LogP contribution in [-0.2, 0) is 20.8 Å². The number of hydrogen-bond acceptors (Lipinski definition) is 6. The van der Waals surface area contributed by atoms with Crippen molar-refractivity contribution in [3.05, 3.63) is 70.3 Å². The van der Waals surface area contributed by atoms with E-state index in [0.29, 0.717) is 23.6 Å². The first-order chi connectivity index (χ1) is 16.5. The predicted molar refractivity (Wildman–Crippen MR) is 119 cm³/mol. The zero-order valence-electron chi connectivity index (χ0n) is 18.3. The van der Waals surface area contributed by atoms with Crippen molar-refractivity contribution in [1.82, 2.24) is 5.06 Å². The molecule has 0 fully saturated rings. The van der Waals surface area contributed by atoms with Crippen molar-refractivity contribution in [1.29, 1.82) is 0 Å². The van der Waals surface area contributed by atoms with Crippen molar-refractivity contribution in [3.8, 4) is 0 Å². The number of carbonyl (C=O) groups is 2. The molecule has 1 aliphatic rings. The lowest BCUT2D eigenvalue weighted by Crippen LogP contribution is -2.42. The molecule has 6 nitrogen and oxygen atoms in total. The summed E-state index contributed by atoms with van der Waals surface area (Å²) in [7, 11) is -5.70.